The highest BCUT2D eigenvalue weighted by Gasteiger charge is 2.53. The number of halogens is 1. The van der Waals surface area contributed by atoms with E-state index >= 15 is 0 Å². The zero-order chi connectivity index (χ0) is 41.3. The van der Waals surface area contributed by atoms with Crippen molar-refractivity contribution in [2.24, 2.45) is 0 Å². The smallest absolute Gasteiger partial charge is 0.387 e. The van der Waals surface area contributed by atoms with E-state index in [-0.39, 0.29) is 24.6 Å². The predicted molar refractivity (Wildman–Crippen MR) is 213 cm³/mol. The van der Waals surface area contributed by atoms with Gasteiger partial charge in [0, 0.05) is 6.61 Å². The monoisotopic (exact) mass is 819 g/mol. The number of aromatic nitrogens is 3. The molecule has 57 heavy (non-hydrogen) atoms. The largest absolute Gasteiger partial charge is 0.472 e. The minimum atomic E-state index is -4.80. The van der Waals surface area contributed by atoms with Crippen LogP contribution < -0.4 is 5.73 Å². The van der Waals surface area contributed by atoms with Crippen LogP contribution in [0.25, 0.3) is 5.52 Å². The van der Waals surface area contributed by atoms with Gasteiger partial charge in [0.05, 0.1) is 43.8 Å². The van der Waals surface area contributed by atoms with Crippen LogP contribution in [-0.2, 0) is 34.4 Å². The highest BCUT2D eigenvalue weighted by molar-refractivity contribution is 7.47. The number of fused-ring (bicyclic) bond motifs is 1. The third kappa shape index (κ3) is 14.6. The lowest BCUT2D eigenvalue weighted by molar-refractivity contribution is -0.123. The molecule has 1 aromatic carbocycles. The minimum absolute atomic E-state index is 0.0151. The summed E-state index contributed by atoms with van der Waals surface area (Å²) in [6.45, 7) is 4.54. The number of rotatable bonds is 28. The molecule has 0 spiro atoms. The van der Waals surface area contributed by atoms with E-state index in [1.54, 1.807) is 19.1 Å². The van der Waals surface area contributed by atoms with E-state index in [2.05, 4.69) is 17.0 Å². The zero-order valence-electron chi connectivity index (χ0n) is 33.8. The van der Waals surface area contributed by atoms with Gasteiger partial charge in [0.1, 0.15) is 47.2 Å². The topological polar surface area (TPSA) is 204 Å². The molecule has 14 nitrogen and oxygen atoms in total. The number of benzene rings is 1. The zero-order valence-corrected chi connectivity index (χ0v) is 34.7. The Hall–Kier alpha value is -3.03. The minimum Gasteiger partial charge on any atom is -0.387 e. The summed E-state index contributed by atoms with van der Waals surface area (Å²) in [4.78, 5) is 14.7. The number of nitrogen functional groups attached to an aromatic ring is 1. The summed E-state index contributed by atoms with van der Waals surface area (Å²) < 4.78 is 57.6. The number of phosphoric acid groups is 1. The van der Waals surface area contributed by atoms with Crippen LogP contribution in [0, 0.1) is 17.1 Å². The van der Waals surface area contributed by atoms with E-state index < -0.39 is 56.4 Å². The maximum Gasteiger partial charge on any atom is 0.472 e. The Morgan fingerprint density at radius 2 is 1.61 bits per heavy atom. The lowest BCUT2D eigenvalue weighted by Crippen LogP contribution is -2.44. The van der Waals surface area contributed by atoms with Crippen molar-refractivity contribution >= 4 is 19.2 Å². The number of aliphatic hydroxyl groups excluding tert-OH is 2. The maximum absolute atomic E-state index is 14.2. The van der Waals surface area contributed by atoms with Crippen molar-refractivity contribution in [3.05, 3.63) is 59.3 Å². The Bertz CT molecular complexity index is 1760. The number of hydrogen-bond donors (Lipinski definition) is 4. The molecule has 1 unspecified atom stereocenters. The molecule has 318 valence electrons. The SMILES string of the molecule is CCCCCCCCCCCCCCCCCOC[C@](C)(COP(=O)(O)OC[C@@]1(C)O[C@@H](c2ccc3c(N)ncnn23)[C@H](O)[C@@H]1O)OCc1cc(F)cc(C#N)c1. The summed E-state index contributed by atoms with van der Waals surface area (Å²) in [6, 6.07) is 9.04. The number of unbranched alkanes of at least 4 members (excludes halogenated alkanes) is 14. The molecule has 3 aromatic rings. The first-order valence-electron chi connectivity index (χ1n) is 20.4. The van der Waals surface area contributed by atoms with Crippen LogP contribution >= 0.6 is 7.82 Å². The molecule has 1 aliphatic rings. The Morgan fingerprint density at radius 1 is 0.982 bits per heavy atom. The van der Waals surface area contributed by atoms with Crippen LogP contribution in [0.5, 0.6) is 0 Å². The first kappa shape index (κ1) is 46.7. The number of ether oxygens (including phenoxy) is 3. The third-order valence-corrected chi connectivity index (χ3v) is 11.4. The second-order valence-electron chi connectivity index (χ2n) is 15.7. The molecule has 5 N–H and O–H groups in total. The number of phosphoric ester groups is 1. The molecule has 0 radical (unpaired) electrons. The number of nitrogens with two attached hydrogens (primary N) is 1. The quantitative estimate of drug-likeness (QED) is 0.0407. The molecule has 0 aliphatic carbocycles. The summed E-state index contributed by atoms with van der Waals surface area (Å²) >= 11 is 0. The van der Waals surface area contributed by atoms with Crippen molar-refractivity contribution in [3.8, 4) is 6.07 Å². The number of nitriles is 1. The predicted octanol–water partition coefficient (Wildman–Crippen LogP) is 7.87. The summed E-state index contributed by atoms with van der Waals surface area (Å²) in [6.07, 6.45) is 15.9. The summed E-state index contributed by atoms with van der Waals surface area (Å²) in [5.74, 6) is -0.383. The second kappa shape index (κ2) is 22.9. The fourth-order valence-electron chi connectivity index (χ4n) is 7.01. The van der Waals surface area contributed by atoms with E-state index in [0.717, 1.165) is 25.3 Å². The Balaban J connectivity index is 1.23. The molecule has 1 aliphatic heterocycles. The van der Waals surface area contributed by atoms with Crippen LogP contribution in [-0.4, -0.2) is 79.5 Å². The van der Waals surface area contributed by atoms with Gasteiger partial charge in [-0.3, -0.25) is 9.05 Å². The van der Waals surface area contributed by atoms with Gasteiger partial charge in [-0.25, -0.2) is 18.5 Å². The maximum atomic E-state index is 14.2. The van der Waals surface area contributed by atoms with Crippen molar-refractivity contribution in [2.75, 3.05) is 32.2 Å². The van der Waals surface area contributed by atoms with Gasteiger partial charge in [-0.15, -0.1) is 0 Å². The second-order valence-corrected chi connectivity index (χ2v) is 17.2. The average Bonchev–Trinajstić information content (AvgIpc) is 3.72. The van der Waals surface area contributed by atoms with Gasteiger partial charge in [-0.05, 0) is 56.2 Å². The fourth-order valence-corrected chi connectivity index (χ4v) is 7.94. The van der Waals surface area contributed by atoms with Crippen LogP contribution in [0.1, 0.15) is 140 Å². The van der Waals surface area contributed by atoms with Gasteiger partial charge >= 0.3 is 7.82 Å². The van der Waals surface area contributed by atoms with Gasteiger partial charge < -0.3 is 35.1 Å². The average molecular weight is 820 g/mol. The number of aliphatic hydroxyl groups is 2. The fraction of sp³-hybridized carbons (Fsp3) is 0.683. The molecule has 16 heteroatoms. The summed E-state index contributed by atoms with van der Waals surface area (Å²) in [7, 11) is -4.80. The van der Waals surface area contributed by atoms with E-state index in [4.69, 9.17) is 29.0 Å². The first-order valence-corrected chi connectivity index (χ1v) is 21.9. The Labute approximate surface area is 336 Å². The normalized spacial score (nSPS) is 21.8. The molecule has 4 rings (SSSR count). The Kier molecular flexibility index (Phi) is 18.8. The van der Waals surface area contributed by atoms with Crippen LogP contribution in [0.3, 0.4) is 0 Å². The highest BCUT2D eigenvalue weighted by atomic mass is 31.2. The van der Waals surface area contributed by atoms with Crippen LogP contribution in [0.2, 0.25) is 0 Å². The molecule has 6 atom stereocenters. The van der Waals surface area contributed by atoms with E-state index in [0.29, 0.717) is 23.4 Å². The van der Waals surface area contributed by atoms with Gasteiger partial charge in [-0.2, -0.15) is 10.4 Å². The van der Waals surface area contributed by atoms with Gasteiger partial charge in [0.25, 0.3) is 0 Å². The van der Waals surface area contributed by atoms with Crippen molar-refractivity contribution in [1.82, 2.24) is 14.6 Å². The van der Waals surface area contributed by atoms with Crippen molar-refractivity contribution in [2.45, 2.75) is 153 Å². The standard InChI is InChI=1S/C41H63FN5O9P/c1-4-5-6-7-8-9-10-11-12-13-14-15-16-17-18-21-52-27-40(2,53-26-32-22-31(25-43)23-33(42)24-32)28-54-57(50,51)55-29-41(3)38(49)36(48)37(56-41)34-19-20-35-39(44)45-30-46-47(34)35/h19-20,22-24,30,36-38,48-49H,4-18,21,26-29H2,1-3H3,(H,50,51)(H2,44,45,46)/t36-,37-,38-,40+,41+/m0/s1. The Morgan fingerprint density at radius 3 is 2.25 bits per heavy atom. The van der Waals surface area contributed by atoms with Crippen molar-refractivity contribution in [1.29, 1.82) is 5.26 Å². The van der Waals surface area contributed by atoms with E-state index in [1.165, 1.54) is 107 Å². The molecule has 0 bridgehead atoms. The molecular formula is C41H63FN5O9P. The molecule has 1 saturated heterocycles. The van der Waals surface area contributed by atoms with Crippen molar-refractivity contribution in [3.63, 3.8) is 0 Å². The van der Waals surface area contributed by atoms with Crippen molar-refractivity contribution < 1.29 is 47.3 Å². The number of nitrogens with zero attached hydrogens (tertiary/aromatic N) is 4. The van der Waals surface area contributed by atoms with Gasteiger partial charge in [-0.1, -0.05) is 96.8 Å². The molecule has 2 aromatic heterocycles. The molecule has 0 saturated carbocycles. The summed E-state index contributed by atoms with van der Waals surface area (Å²) in [5.41, 5.74) is 4.40. The number of anilines is 1. The first-order chi connectivity index (χ1) is 27.3. The van der Waals surface area contributed by atoms with Crippen LogP contribution in [0.15, 0.2) is 36.7 Å². The van der Waals surface area contributed by atoms with Crippen LogP contribution in [0.4, 0.5) is 10.2 Å². The molecule has 0 amide bonds. The van der Waals surface area contributed by atoms with E-state index in [9.17, 15) is 29.3 Å². The molecule has 3 heterocycles. The lowest BCUT2D eigenvalue weighted by atomic mass is 9.97. The lowest BCUT2D eigenvalue weighted by Gasteiger charge is -2.31. The van der Waals surface area contributed by atoms with Gasteiger partial charge in [0.2, 0.25) is 0 Å². The molecule has 1 fully saturated rings. The van der Waals surface area contributed by atoms with E-state index in [1.807, 2.05) is 6.07 Å². The highest BCUT2D eigenvalue weighted by Crippen LogP contribution is 2.48. The third-order valence-electron chi connectivity index (χ3n) is 10.5. The molecular weight excluding hydrogens is 756 g/mol. The summed E-state index contributed by atoms with van der Waals surface area (Å²) in [5, 5.41) is 35.3. The van der Waals surface area contributed by atoms with Gasteiger partial charge in [0.15, 0.2) is 5.82 Å². The number of hydrogen-bond acceptors (Lipinski definition) is 12.